The van der Waals surface area contributed by atoms with Crippen LogP contribution in [0.1, 0.15) is 35.4 Å². The van der Waals surface area contributed by atoms with Gasteiger partial charge in [-0.25, -0.2) is 9.18 Å². The highest BCUT2D eigenvalue weighted by molar-refractivity contribution is 7.20. The van der Waals surface area contributed by atoms with Gasteiger partial charge in [0.05, 0.1) is 4.88 Å². The first-order valence-electron chi connectivity index (χ1n) is 10.4. The first-order chi connectivity index (χ1) is 15.8. The SMILES string of the molecule is O=C(OC(C(F)(F)F)C(F)(F)F)N1CCC2(CCCN2C(=O)c2cc3cc(F)ccc3s2)CC1. The van der Waals surface area contributed by atoms with E-state index >= 15 is 0 Å². The van der Waals surface area contributed by atoms with E-state index in [1.54, 1.807) is 17.0 Å². The Kier molecular flexibility index (Phi) is 6.19. The molecule has 0 bridgehead atoms. The van der Waals surface area contributed by atoms with Crippen molar-refractivity contribution < 1.29 is 45.1 Å². The summed E-state index contributed by atoms with van der Waals surface area (Å²) in [4.78, 5) is 28.2. The number of nitrogens with zero attached hydrogens (tertiary/aromatic N) is 2. The van der Waals surface area contributed by atoms with E-state index in [1.807, 2.05) is 0 Å². The summed E-state index contributed by atoms with van der Waals surface area (Å²) in [5.74, 6) is -0.705. The molecule has 2 aliphatic heterocycles. The summed E-state index contributed by atoms with van der Waals surface area (Å²) in [6.45, 7) is 0.126. The summed E-state index contributed by atoms with van der Waals surface area (Å²) < 4.78 is 94.2. The molecule has 5 nitrogen and oxygen atoms in total. The van der Waals surface area contributed by atoms with Crippen LogP contribution in [0, 0.1) is 5.82 Å². The molecular weight excluding hydrogens is 493 g/mol. The zero-order chi connectivity index (χ0) is 24.9. The number of piperidine rings is 1. The maximum Gasteiger partial charge on any atom is 0.434 e. The molecule has 2 saturated heterocycles. The molecule has 186 valence electrons. The number of carbonyl (C=O) groups excluding carboxylic acids is 2. The molecule has 3 heterocycles. The Balaban J connectivity index is 1.45. The van der Waals surface area contributed by atoms with Gasteiger partial charge in [-0.05, 0) is 55.3 Å². The minimum atomic E-state index is -5.78. The molecule has 2 aromatic rings. The van der Waals surface area contributed by atoms with Crippen LogP contribution in [0.15, 0.2) is 24.3 Å². The van der Waals surface area contributed by atoms with Crippen LogP contribution in [0.5, 0.6) is 0 Å². The third-order valence-corrected chi connectivity index (χ3v) is 7.40. The molecule has 0 N–H and O–H groups in total. The molecule has 0 saturated carbocycles. The van der Waals surface area contributed by atoms with Gasteiger partial charge in [-0.3, -0.25) is 4.79 Å². The Morgan fingerprint density at radius 3 is 2.24 bits per heavy atom. The molecule has 1 aromatic carbocycles. The van der Waals surface area contributed by atoms with Crippen molar-refractivity contribution in [2.75, 3.05) is 19.6 Å². The maximum absolute atomic E-state index is 13.5. The second-order valence-electron chi connectivity index (χ2n) is 8.41. The lowest BCUT2D eigenvalue weighted by atomic mass is 9.85. The number of halogens is 7. The first-order valence-corrected chi connectivity index (χ1v) is 11.2. The fraction of sp³-hybridized carbons (Fsp3) is 0.524. The topological polar surface area (TPSA) is 49.9 Å². The molecule has 1 aromatic heterocycles. The predicted molar refractivity (Wildman–Crippen MR) is 108 cm³/mol. The largest absolute Gasteiger partial charge is 0.434 e. The standard InChI is InChI=1S/C21H19F7N2O3S/c22-13-2-3-14-12(10-13)11-15(34-14)16(31)30-7-1-4-19(30)5-8-29(9-6-19)18(32)33-17(20(23,24)25)21(26,27)28/h2-3,10-11,17H,1,4-9H2. The van der Waals surface area contributed by atoms with E-state index in [9.17, 15) is 40.3 Å². The molecule has 34 heavy (non-hydrogen) atoms. The Morgan fingerprint density at radius 1 is 0.971 bits per heavy atom. The molecule has 2 fully saturated rings. The number of amides is 2. The maximum atomic E-state index is 13.5. The lowest BCUT2D eigenvalue weighted by molar-refractivity contribution is -0.308. The minimum absolute atomic E-state index is 0.150. The Labute approximate surface area is 193 Å². The molecule has 1 spiro atoms. The number of fused-ring (bicyclic) bond motifs is 1. The fourth-order valence-electron chi connectivity index (χ4n) is 4.63. The third kappa shape index (κ3) is 4.66. The summed E-state index contributed by atoms with van der Waals surface area (Å²) >= 11 is 1.21. The van der Waals surface area contributed by atoms with Gasteiger partial charge in [0.25, 0.3) is 12.0 Å². The highest BCUT2D eigenvalue weighted by Crippen LogP contribution is 2.41. The number of hydrogen-bond acceptors (Lipinski definition) is 4. The third-order valence-electron chi connectivity index (χ3n) is 6.30. The van der Waals surface area contributed by atoms with Gasteiger partial charge in [-0.15, -0.1) is 11.3 Å². The van der Waals surface area contributed by atoms with Crippen LogP contribution in [0.4, 0.5) is 35.5 Å². The average Bonchev–Trinajstić information content (AvgIpc) is 3.34. The number of thiophene rings is 1. The average molecular weight is 512 g/mol. The van der Waals surface area contributed by atoms with Crippen molar-refractivity contribution in [2.24, 2.45) is 0 Å². The minimum Gasteiger partial charge on any atom is -0.426 e. The summed E-state index contributed by atoms with van der Waals surface area (Å²) in [6.07, 6.45) is -15.8. The summed E-state index contributed by atoms with van der Waals surface area (Å²) in [5, 5.41) is 0.586. The van der Waals surface area contributed by atoms with Crippen LogP contribution in [-0.2, 0) is 4.74 Å². The smallest absolute Gasteiger partial charge is 0.426 e. The molecule has 0 radical (unpaired) electrons. The van der Waals surface area contributed by atoms with Gasteiger partial charge >= 0.3 is 18.4 Å². The molecule has 2 aliphatic rings. The lowest BCUT2D eigenvalue weighted by Crippen LogP contribution is -2.56. The quantitative estimate of drug-likeness (QED) is 0.483. The van der Waals surface area contributed by atoms with E-state index in [-0.39, 0.29) is 31.8 Å². The number of likely N-dealkylation sites (tertiary alicyclic amines) is 2. The van der Waals surface area contributed by atoms with E-state index in [4.69, 9.17) is 0 Å². The number of alkyl halides is 6. The van der Waals surface area contributed by atoms with Crippen molar-refractivity contribution in [1.29, 1.82) is 0 Å². The normalized spacial score (nSPS) is 18.8. The summed E-state index contributed by atoms with van der Waals surface area (Å²) in [6, 6.07) is 5.78. The number of benzene rings is 1. The Bertz CT molecular complexity index is 1080. The van der Waals surface area contributed by atoms with Crippen LogP contribution in [0.3, 0.4) is 0 Å². The highest BCUT2D eigenvalue weighted by Gasteiger charge is 2.60. The van der Waals surface area contributed by atoms with Gasteiger partial charge in [-0.1, -0.05) is 0 Å². The summed E-state index contributed by atoms with van der Waals surface area (Å²) in [7, 11) is 0. The van der Waals surface area contributed by atoms with Crippen molar-refractivity contribution in [1.82, 2.24) is 9.80 Å². The van der Waals surface area contributed by atoms with Gasteiger partial charge in [0.15, 0.2) is 0 Å². The molecule has 0 aliphatic carbocycles. The van der Waals surface area contributed by atoms with Crippen LogP contribution < -0.4 is 0 Å². The summed E-state index contributed by atoms with van der Waals surface area (Å²) in [5.41, 5.74) is -0.664. The molecular formula is C21H19F7N2O3S. The molecule has 4 rings (SSSR count). The van der Waals surface area contributed by atoms with Crippen LogP contribution in [0.2, 0.25) is 0 Å². The zero-order valence-electron chi connectivity index (χ0n) is 17.5. The van der Waals surface area contributed by atoms with E-state index in [0.717, 1.165) is 9.60 Å². The highest BCUT2D eigenvalue weighted by atomic mass is 32.1. The van der Waals surface area contributed by atoms with E-state index < -0.39 is 35.9 Å². The van der Waals surface area contributed by atoms with Crippen molar-refractivity contribution >= 4 is 33.4 Å². The zero-order valence-corrected chi connectivity index (χ0v) is 18.3. The molecule has 13 heteroatoms. The second kappa shape index (κ2) is 8.58. The van der Waals surface area contributed by atoms with Gasteiger partial charge in [0.1, 0.15) is 5.82 Å². The van der Waals surface area contributed by atoms with Gasteiger partial charge in [0.2, 0.25) is 0 Å². The molecule has 0 unspecified atom stereocenters. The number of carbonyl (C=O) groups is 2. The molecule has 0 atom stereocenters. The van der Waals surface area contributed by atoms with Crippen molar-refractivity contribution in [3.8, 4) is 0 Å². The van der Waals surface area contributed by atoms with Gasteiger partial charge in [-0.2, -0.15) is 26.3 Å². The fourth-order valence-corrected chi connectivity index (χ4v) is 5.62. The van der Waals surface area contributed by atoms with Gasteiger partial charge in [0, 0.05) is 29.9 Å². The second-order valence-corrected chi connectivity index (χ2v) is 9.50. The predicted octanol–water partition coefficient (Wildman–Crippen LogP) is 5.74. The number of ether oxygens (including phenoxy) is 1. The van der Waals surface area contributed by atoms with Gasteiger partial charge < -0.3 is 14.5 Å². The van der Waals surface area contributed by atoms with Crippen LogP contribution in [-0.4, -0.2) is 65.4 Å². The molecule has 2 amide bonds. The van der Waals surface area contributed by atoms with Crippen molar-refractivity contribution in [2.45, 2.75) is 49.7 Å². The Morgan fingerprint density at radius 2 is 1.62 bits per heavy atom. The van der Waals surface area contributed by atoms with Crippen LogP contribution in [0.25, 0.3) is 10.1 Å². The van der Waals surface area contributed by atoms with Crippen LogP contribution >= 0.6 is 11.3 Å². The lowest BCUT2D eigenvalue weighted by Gasteiger charge is -2.44. The van der Waals surface area contributed by atoms with E-state index in [0.29, 0.717) is 29.6 Å². The Hall–Kier alpha value is -2.57. The monoisotopic (exact) mass is 512 g/mol. The van der Waals surface area contributed by atoms with Crippen molar-refractivity contribution in [3.05, 3.63) is 35.0 Å². The number of hydrogen-bond donors (Lipinski definition) is 0. The van der Waals surface area contributed by atoms with E-state index in [2.05, 4.69) is 4.74 Å². The van der Waals surface area contributed by atoms with E-state index in [1.165, 1.54) is 23.5 Å². The number of rotatable bonds is 2. The first kappa shape index (κ1) is 24.6. The van der Waals surface area contributed by atoms with Crippen molar-refractivity contribution in [3.63, 3.8) is 0 Å².